The Hall–Kier alpha value is -0.200. The zero-order valence-electron chi connectivity index (χ0n) is 8.10. The number of hydrogen-bond donors (Lipinski definition) is 4. The van der Waals surface area contributed by atoms with Crippen LogP contribution in [0.1, 0.15) is 38.5 Å². The molecule has 1 saturated heterocycles. The summed E-state index contributed by atoms with van der Waals surface area (Å²) >= 11 is 0. The first-order valence-corrected chi connectivity index (χ1v) is 4.96. The molecule has 0 saturated carbocycles. The first-order valence-electron chi connectivity index (χ1n) is 4.96. The molecular formula is C8H20N5. The van der Waals surface area contributed by atoms with Crippen LogP contribution < -0.4 is 28.1 Å². The van der Waals surface area contributed by atoms with Crippen LogP contribution in [0.4, 0.5) is 0 Å². The molecule has 13 heavy (non-hydrogen) atoms. The van der Waals surface area contributed by atoms with Gasteiger partial charge in [0, 0.05) is 19.2 Å². The molecule has 4 N–H and O–H groups in total. The highest BCUT2D eigenvalue weighted by Crippen LogP contribution is 2.04. The van der Waals surface area contributed by atoms with E-state index in [1.54, 1.807) is 0 Å². The van der Waals surface area contributed by atoms with Gasteiger partial charge in [-0.2, -0.15) is 11.1 Å². The monoisotopic (exact) mass is 186 g/mol. The maximum absolute atomic E-state index is 3.08. The molecule has 0 unspecified atom stereocenters. The summed E-state index contributed by atoms with van der Waals surface area (Å²) in [6.07, 6.45) is 7.98. The predicted molar refractivity (Wildman–Crippen MR) is 52.1 cm³/mol. The maximum Gasteiger partial charge on any atom is 0.0113 e. The summed E-state index contributed by atoms with van der Waals surface area (Å²) < 4.78 is 0. The largest absolute Gasteiger partial charge is 0.243 e. The summed E-state index contributed by atoms with van der Waals surface area (Å²) in [5.41, 5.74) is 11.9. The van der Waals surface area contributed by atoms with Crippen molar-refractivity contribution in [3.8, 4) is 0 Å². The van der Waals surface area contributed by atoms with Crippen molar-refractivity contribution in [3.05, 3.63) is 0 Å². The summed E-state index contributed by atoms with van der Waals surface area (Å²) in [5.74, 6) is 0. The smallest absolute Gasteiger partial charge is 0.0113 e. The molecule has 77 valence electrons. The topological polar surface area (TPSA) is 78.6 Å². The number of nitrogens with zero attached hydrogens (tertiary/aromatic N) is 1. The van der Waals surface area contributed by atoms with Gasteiger partial charge in [0.1, 0.15) is 0 Å². The van der Waals surface area contributed by atoms with Gasteiger partial charge in [-0.05, 0) is 12.8 Å². The van der Waals surface area contributed by atoms with Gasteiger partial charge in [0.15, 0.2) is 0 Å². The van der Waals surface area contributed by atoms with Crippen molar-refractivity contribution in [1.29, 1.82) is 0 Å². The fraction of sp³-hybridized carbons (Fsp3) is 1.00. The zero-order chi connectivity index (χ0) is 8.49. The van der Waals surface area contributed by atoms with Crippen LogP contribution in [-0.2, 0) is 0 Å². The second-order valence-corrected chi connectivity index (χ2v) is 3.22. The summed E-state index contributed by atoms with van der Waals surface area (Å²) in [4.78, 5) is 0. The summed E-state index contributed by atoms with van der Waals surface area (Å²) in [7, 11) is 0. The van der Waals surface area contributed by atoms with E-state index in [1.165, 1.54) is 38.5 Å². The third-order valence-corrected chi connectivity index (χ3v) is 2.09. The SMILES string of the molecule is C1CCCCNNNNCCC1.[N]. The maximum atomic E-state index is 3.08. The summed E-state index contributed by atoms with van der Waals surface area (Å²) in [5, 5.41) is 0. The molecule has 0 atom stereocenters. The lowest BCUT2D eigenvalue weighted by atomic mass is 10.1. The molecule has 1 rings (SSSR count). The lowest BCUT2D eigenvalue weighted by Gasteiger charge is -2.11. The minimum absolute atomic E-state index is 0. The molecule has 0 aromatic carbocycles. The zero-order valence-corrected chi connectivity index (χ0v) is 8.10. The first-order chi connectivity index (χ1) is 6.00. The Morgan fingerprint density at radius 2 is 0.923 bits per heavy atom. The van der Waals surface area contributed by atoms with Crippen molar-refractivity contribution < 1.29 is 0 Å². The lowest BCUT2D eigenvalue weighted by Crippen LogP contribution is -2.51. The molecule has 0 aliphatic carbocycles. The van der Waals surface area contributed by atoms with Crippen molar-refractivity contribution in [2.24, 2.45) is 0 Å². The minimum Gasteiger partial charge on any atom is -0.243 e. The van der Waals surface area contributed by atoms with Crippen LogP contribution in [0.3, 0.4) is 0 Å². The quantitative estimate of drug-likeness (QED) is 0.428. The number of rotatable bonds is 0. The fourth-order valence-corrected chi connectivity index (χ4v) is 1.35. The molecule has 0 bridgehead atoms. The Balaban J connectivity index is 0.00000144. The van der Waals surface area contributed by atoms with Crippen LogP contribution in [0.15, 0.2) is 0 Å². The van der Waals surface area contributed by atoms with Gasteiger partial charge in [0.2, 0.25) is 0 Å². The van der Waals surface area contributed by atoms with Crippen LogP contribution in [0.25, 0.3) is 0 Å². The van der Waals surface area contributed by atoms with Gasteiger partial charge >= 0.3 is 0 Å². The molecule has 1 heterocycles. The Bertz CT molecular complexity index is 55.5. The molecular weight excluding hydrogens is 166 g/mol. The molecule has 5 heteroatoms. The normalized spacial score (nSPS) is 22.2. The highest BCUT2D eigenvalue weighted by Gasteiger charge is 1.93. The highest BCUT2D eigenvalue weighted by atomic mass is 15.7. The van der Waals surface area contributed by atoms with Gasteiger partial charge in [0.05, 0.1) is 0 Å². The van der Waals surface area contributed by atoms with Crippen LogP contribution in [0, 0.1) is 0 Å². The van der Waals surface area contributed by atoms with E-state index in [4.69, 9.17) is 0 Å². The van der Waals surface area contributed by atoms with Crippen molar-refractivity contribution >= 4 is 0 Å². The molecule has 0 amide bonds. The van der Waals surface area contributed by atoms with Gasteiger partial charge in [0.25, 0.3) is 0 Å². The van der Waals surface area contributed by atoms with E-state index in [0.717, 1.165) is 13.1 Å². The van der Waals surface area contributed by atoms with E-state index in [-0.39, 0.29) is 6.15 Å². The Morgan fingerprint density at radius 3 is 1.38 bits per heavy atom. The molecule has 0 aromatic rings. The van der Waals surface area contributed by atoms with Crippen LogP contribution in [0.2, 0.25) is 0 Å². The van der Waals surface area contributed by atoms with Gasteiger partial charge in [-0.3, -0.25) is 0 Å². The molecule has 5 nitrogen and oxygen atoms in total. The first kappa shape index (κ1) is 12.8. The number of hydrazine groups is 3. The van der Waals surface area contributed by atoms with E-state index in [1.807, 2.05) is 0 Å². The van der Waals surface area contributed by atoms with Crippen molar-refractivity contribution in [2.75, 3.05) is 13.1 Å². The summed E-state index contributed by atoms with van der Waals surface area (Å²) in [6.45, 7) is 2.07. The second kappa shape index (κ2) is 9.88. The van der Waals surface area contributed by atoms with Crippen molar-refractivity contribution in [2.45, 2.75) is 38.5 Å². The highest BCUT2D eigenvalue weighted by molar-refractivity contribution is 4.49. The Kier molecular flexibility index (Phi) is 9.73. The molecule has 1 aliphatic rings. The average Bonchev–Trinajstić information content (AvgIpc) is 2.05. The lowest BCUT2D eigenvalue weighted by molar-refractivity contribution is 0.354. The Labute approximate surface area is 80.5 Å². The van der Waals surface area contributed by atoms with Crippen LogP contribution in [-0.4, -0.2) is 13.1 Å². The summed E-state index contributed by atoms with van der Waals surface area (Å²) in [6, 6.07) is 0. The van der Waals surface area contributed by atoms with Crippen LogP contribution in [0.5, 0.6) is 0 Å². The van der Waals surface area contributed by atoms with Gasteiger partial charge in [-0.1, -0.05) is 25.7 Å². The standard InChI is InChI=1S/C8H20N4.N/c1-2-4-6-8-10-12-11-9-7-5-3-1;/h9-12H,1-8H2;. The van der Waals surface area contributed by atoms with Gasteiger partial charge in [-0.25, -0.2) is 10.9 Å². The van der Waals surface area contributed by atoms with Gasteiger partial charge < -0.3 is 0 Å². The predicted octanol–water partition coefficient (Wildman–Crippen LogP) is -0.0366. The number of hydrogen-bond acceptors (Lipinski definition) is 4. The van der Waals surface area contributed by atoms with Crippen molar-refractivity contribution in [3.63, 3.8) is 0 Å². The minimum atomic E-state index is 0. The third kappa shape index (κ3) is 8.14. The Morgan fingerprint density at radius 1 is 0.538 bits per heavy atom. The molecule has 1 fully saturated rings. The van der Waals surface area contributed by atoms with Crippen molar-refractivity contribution in [1.82, 2.24) is 28.1 Å². The van der Waals surface area contributed by atoms with E-state index >= 15 is 0 Å². The molecule has 0 aromatic heterocycles. The molecule has 0 spiro atoms. The average molecular weight is 186 g/mol. The van der Waals surface area contributed by atoms with E-state index in [9.17, 15) is 0 Å². The molecule has 1 aliphatic heterocycles. The third-order valence-electron chi connectivity index (χ3n) is 2.09. The van der Waals surface area contributed by atoms with E-state index in [0.29, 0.717) is 0 Å². The van der Waals surface area contributed by atoms with E-state index in [2.05, 4.69) is 21.9 Å². The molecule has 3 radical (unpaired) electrons. The van der Waals surface area contributed by atoms with E-state index < -0.39 is 0 Å². The van der Waals surface area contributed by atoms with Crippen LogP contribution >= 0.6 is 0 Å². The van der Waals surface area contributed by atoms with Gasteiger partial charge in [-0.15, -0.1) is 0 Å². The number of nitrogens with one attached hydrogen (secondary N) is 4. The fourth-order valence-electron chi connectivity index (χ4n) is 1.35. The second-order valence-electron chi connectivity index (χ2n) is 3.22.